The second-order valence-corrected chi connectivity index (χ2v) is 7.25. The summed E-state index contributed by atoms with van der Waals surface area (Å²) < 4.78 is 24.5. The number of hydrogen-bond donors (Lipinski definition) is 2. The van der Waals surface area contributed by atoms with Gasteiger partial charge in [0.25, 0.3) is 0 Å². The summed E-state index contributed by atoms with van der Waals surface area (Å²) in [6.07, 6.45) is 1.41. The molecule has 2 aromatic rings. The van der Waals surface area contributed by atoms with E-state index in [0.717, 1.165) is 16.8 Å². The summed E-state index contributed by atoms with van der Waals surface area (Å²) in [4.78, 5) is 12.1. The van der Waals surface area contributed by atoms with Crippen molar-refractivity contribution in [2.45, 2.75) is 19.5 Å². The van der Waals surface area contributed by atoms with Crippen molar-refractivity contribution in [2.75, 3.05) is 11.6 Å². The molecule has 1 aliphatic heterocycles. The van der Waals surface area contributed by atoms with Gasteiger partial charge in [-0.2, -0.15) is 9.40 Å². The van der Waals surface area contributed by atoms with Crippen LogP contribution in [0.1, 0.15) is 16.8 Å². The maximum atomic E-state index is 12.1. The van der Waals surface area contributed by atoms with Crippen molar-refractivity contribution in [1.82, 2.24) is 14.5 Å². The highest BCUT2D eigenvalue weighted by Crippen LogP contribution is 2.28. The van der Waals surface area contributed by atoms with E-state index in [1.54, 1.807) is 0 Å². The number of H-pyrrole nitrogens is 1. The summed E-state index contributed by atoms with van der Waals surface area (Å²) in [5.74, 6) is 0.223. The molecule has 0 fully saturated rings. The van der Waals surface area contributed by atoms with E-state index >= 15 is 0 Å². The Labute approximate surface area is 128 Å². The fourth-order valence-electron chi connectivity index (χ4n) is 2.41. The first-order valence-corrected chi connectivity index (χ1v) is 8.63. The van der Waals surface area contributed by atoms with Crippen LogP contribution in [-0.4, -0.2) is 35.1 Å². The molecule has 0 radical (unpaired) electrons. The van der Waals surface area contributed by atoms with Crippen molar-refractivity contribution in [3.05, 3.63) is 47.2 Å². The van der Waals surface area contributed by atoms with Gasteiger partial charge in [-0.25, -0.2) is 8.42 Å². The van der Waals surface area contributed by atoms with Crippen LogP contribution in [0, 0.1) is 0 Å². The summed E-state index contributed by atoms with van der Waals surface area (Å²) in [6.45, 7) is 0.487. The zero-order chi connectivity index (χ0) is 15.7. The minimum absolute atomic E-state index is 0.182. The van der Waals surface area contributed by atoms with Gasteiger partial charge >= 0.3 is 0 Å². The fraction of sp³-hybridized carbons (Fsp3) is 0.286. The Morgan fingerprint density at radius 3 is 2.73 bits per heavy atom. The molecule has 0 saturated carbocycles. The third-order valence-corrected chi connectivity index (χ3v) is 4.75. The molecule has 1 aromatic carbocycles. The number of aromatic nitrogens is 2. The van der Waals surface area contributed by atoms with E-state index < -0.39 is 10.0 Å². The molecule has 1 aromatic heterocycles. The monoisotopic (exact) mass is 320 g/mol. The third-order valence-electron chi connectivity index (χ3n) is 3.56. The second kappa shape index (κ2) is 5.54. The van der Waals surface area contributed by atoms with Crippen molar-refractivity contribution in [1.29, 1.82) is 0 Å². The molecule has 3 rings (SSSR count). The van der Waals surface area contributed by atoms with Gasteiger partial charge in [-0.1, -0.05) is 30.3 Å². The van der Waals surface area contributed by atoms with Gasteiger partial charge < -0.3 is 5.32 Å². The maximum absolute atomic E-state index is 12.1. The van der Waals surface area contributed by atoms with Gasteiger partial charge in [0.2, 0.25) is 15.9 Å². The number of benzene rings is 1. The smallest absolute Gasteiger partial charge is 0.230 e. The van der Waals surface area contributed by atoms with Crippen LogP contribution < -0.4 is 5.32 Å². The van der Waals surface area contributed by atoms with E-state index in [4.69, 9.17) is 0 Å². The van der Waals surface area contributed by atoms with E-state index in [2.05, 4.69) is 15.5 Å². The molecule has 0 saturated heterocycles. The lowest BCUT2D eigenvalue weighted by molar-refractivity contribution is -0.115. The SMILES string of the molecule is CS(=O)(=O)N1Cc2[nH]nc(NC(=O)Cc3ccccc3)c2C1. The second-order valence-electron chi connectivity index (χ2n) is 5.27. The van der Waals surface area contributed by atoms with Crippen LogP contribution in [-0.2, 0) is 34.3 Å². The first-order chi connectivity index (χ1) is 10.4. The first-order valence-electron chi connectivity index (χ1n) is 6.78. The Kier molecular flexibility index (Phi) is 3.71. The minimum Gasteiger partial charge on any atom is -0.309 e. The van der Waals surface area contributed by atoms with Crippen LogP contribution >= 0.6 is 0 Å². The molecule has 0 unspecified atom stereocenters. The minimum atomic E-state index is -3.26. The standard InChI is InChI=1S/C14H16N4O3S/c1-22(20,21)18-8-11-12(9-18)16-17-14(11)15-13(19)7-10-5-3-2-4-6-10/h2-6H,7-9H2,1H3,(H2,15,16,17,19). The van der Waals surface area contributed by atoms with Crippen LogP contribution in [0.2, 0.25) is 0 Å². The Hall–Kier alpha value is -2.19. The number of aromatic amines is 1. The van der Waals surface area contributed by atoms with Crippen LogP contribution in [0.3, 0.4) is 0 Å². The Morgan fingerprint density at radius 1 is 1.32 bits per heavy atom. The third kappa shape index (κ3) is 3.02. The van der Waals surface area contributed by atoms with Crippen molar-refractivity contribution < 1.29 is 13.2 Å². The van der Waals surface area contributed by atoms with E-state index in [-0.39, 0.29) is 25.4 Å². The number of sulfonamides is 1. The van der Waals surface area contributed by atoms with Crippen molar-refractivity contribution in [2.24, 2.45) is 0 Å². The average Bonchev–Trinajstić information content (AvgIpc) is 3.01. The molecule has 1 aliphatic rings. The molecule has 2 N–H and O–H groups in total. The molecule has 8 heteroatoms. The predicted molar refractivity (Wildman–Crippen MR) is 81.5 cm³/mol. The normalized spacial score (nSPS) is 14.8. The largest absolute Gasteiger partial charge is 0.309 e. The lowest BCUT2D eigenvalue weighted by Crippen LogP contribution is -2.24. The molecule has 2 heterocycles. The zero-order valence-electron chi connectivity index (χ0n) is 12.0. The van der Waals surface area contributed by atoms with Crippen molar-refractivity contribution in [3.63, 3.8) is 0 Å². The van der Waals surface area contributed by atoms with Gasteiger partial charge in [0.15, 0.2) is 5.82 Å². The Balaban J connectivity index is 1.70. The highest BCUT2D eigenvalue weighted by molar-refractivity contribution is 7.88. The van der Waals surface area contributed by atoms with Crippen LogP contribution in [0.25, 0.3) is 0 Å². The van der Waals surface area contributed by atoms with E-state index in [9.17, 15) is 13.2 Å². The quantitative estimate of drug-likeness (QED) is 0.873. The van der Waals surface area contributed by atoms with Crippen LogP contribution in [0.15, 0.2) is 30.3 Å². The number of nitrogens with zero attached hydrogens (tertiary/aromatic N) is 2. The number of rotatable bonds is 4. The highest BCUT2D eigenvalue weighted by atomic mass is 32.2. The lowest BCUT2D eigenvalue weighted by Gasteiger charge is -2.11. The zero-order valence-corrected chi connectivity index (χ0v) is 12.9. The molecule has 116 valence electrons. The highest BCUT2D eigenvalue weighted by Gasteiger charge is 2.30. The number of fused-ring (bicyclic) bond motifs is 1. The van der Waals surface area contributed by atoms with Gasteiger partial charge in [0.05, 0.1) is 24.9 Å². The Bertz CT molecular complexity index is 799. The summed E-state index contributed by atoms with van der Waals surface area (Å²) in [6, 6.07) is 9.39. The predicted octanol–water partition coefficient (Wildman–Crippen LogP) is 0.866. The number of hydrogen-bond acceptors (Lipinski definition) is 4. The van der Waals surface area contributed by atoms with Crippen LogP contribution in [0.5, 0.6) is 0 Å². The summed E-state index contributed by atoms with van der Waals surface area (Å²) in [5.41, 5.74) is 2.36. The van der Waals surface area contributed by atoms with Gasteiger partial charge in [0, 0.05) is 12.1 Å². The number of anilines is 1. The van der Waals surface area contributed by atoms with Crippen LogP contribution in [0.4, 0.5) is 5.82 Å². The van der Waals surface area contributed by atoms with E-state index in [1.807, 2.05) is 30.3 Å². The topological polar surface area (TPSA) is 95.2 Å². The van der Waals surface area contributed by atoms with Gasteiger partial charge in [-0.05, 0) is 5.56 Å². The molecular formula is C14H16N4O3S. The molecule has 22 heavy (non-hydrogen) atoms. The number of nitrogens with one attached hydrogen (secondary N) is 2. The van der Waals surface area contributed by atoms with Gasteiger partial charge in [-0.3, -0.25) is 9.89 Å². The molecule has 1 amide bonds. The molecule has 0 spiro atoms. The number of amides is 1. The molecular weight excluding hydrogens is 304 g/mol. The number of carbonyl (C=O) groups excluding carboxylic acids is 1. The summed E-state index contributed by atoms with van der Waals surface area (Å²) in [7, 11) is -3.26. The average molecular weight is 320 g/mol. The summed E-state index contributed by atoms with van der Waals surface area (Å²) >= 11 is 0. The lowest BCUT2D eigenvalue weighted by atomic mass is 10.1. The van der Waals surface area contributed by atoms with Crippen molar-refractivity contribution in [3.8, 4) is 0 Å². The van der Waals surface area contributed by atoms with E-state index in [0.29, 0.717) is 5.82 Å². The molecule has 0 aliphatic carbocycles. The van der Waals surface area contributed by atoms with Crippen molar-refractivity contribution >= 4 is 21.7 Å². The van der Waals surface area contributed by atoms with E-state index in [1.165, 1.54) is 10.6 Å². The van der Waals surface area contributed by atoms with Gasteiger partial charge in [0.1, 0.15) is 0 Å². The fourth-order valence-corrected chi connectivity index (χ4v) is 3.13. The van der Waals surface area contributed by atoms with Gasteiger partial charge in [-0.15, -0.1) is 0 Å². The first kappa shape index (κ1) is 14.7. The molecule has 0 atom stereocenters. The maximum Gasteiger partial charge on any atom is 0.230 e. The molecule has 0 bridgehead atoms. The summed E-state index contributed by atoms with van der Waals surface area (Å²) in [5, 5.41) is 9.58. The molecule has 7 nitrogen and oxygen atoms in total. The number of carbonyl (C=O) groups is 1. The Morgan fingerprint density at radius 2 is 2.05 bits per heavy atom.